The summed E-state index contributed by atoms with van der Waals surface area (Å²) in [6, 6.07) is 0. The Morgan fingerprint density at radius 3 is 3.00 bits per heavy atom. The summed E-state index contributed by atoms with van der Waals surface area (Å²) in [5.41, 5.74) is 0.305. The molecule has 0 spiro atoms. The van der Waals surface area contributed by atoms with Crippen LogP contribution in [0.2, 0.25) is 0 Å². The number of carbonyl (C=O) groups excluding carboxylic acids is 1. The SMILES string of the molecule is CCOC(=O)c1cn(CC2CCCC2)nn1. The molecule has 1 fully saturated rings. The predicted octanol–water partition coefficient (Wildman–Crippen LogP) is 1.65. The topological polar surface area (TPSA) is 57.0 Å². The first-order chi connectivity index (χ1) is 7.79. The van der Waals surface area contributed by atoms with Gasteiger partial charge in [-0.2, -0.15) is 0 Å². The molecule has 0 saturated heterocycles. The number of ether oxygens (including phenoxy) is 1. The molecule has 2 rings (SSSR count). The number of aromatic nitrogens is 3. The molecular weight excluding hydrogens is 206 g/mol. The fraction of sp³-hybridized carbons (Fsp3) is 0.727. The number of hydrogen-bond donors (Lipinski definition) is 0. The van der Waals surface area contributed by atoms with Crippen molar-refractivity contribution in [2.75, 3.05) is 6.61 Å². The highest BCUT2D eigenvalue weighted by atomic mass is 16.5. The molecule has 1 heterocycles. The van der Waals surface area contributed by atoms with E-state index in [9.17, 15) is 4.79 Å². The number of esters is 1. The maximum absolute atomic E-state index is 11.4. The fourth-order valence-corrected chi connectivity index (χ4v) is 2.14. The molecule has 0 radical (unpaired) electrons. The first kappa shape index (κ1) is 11.1. The molecule has 1 aromatic heterocycles. The van der Waals surface area contributed by atoms with Gasteiger partial charge in [0.05, 0.1) is 12.8 Å². The van der Waals surface area contributed by atoms with Crippen LogP contribution in [0.1, 0.15) is 43.1 Å². The molecule has 5 heteroatoms. The Morgan fingerprint density at radius 1 is 1.56 bits per heavy atom. The van der Waals surface area contributed by atoms with Crippen LogP contribution < -0.4 is 0 Å². The van der Waals surface area contributed by atoms with E-state index in [-0.39, 0.29) is 5.97 Å². The Morgan fingerprint density at radius 2 is 2.31 bits per heavy atom. The van der Waals surface area contributed by atoms with Gasteiger partial charge in [-0.15, -0.1) is 5.10 Å². The molecule has 0 amide bonds. The van der Waals surface area contributed by atoms with Crippen molar-refractivity contribution < 1.29 is 9.53 Å². The maximum Gasteiger partial charge on any atom is 0.360 e. The van der Waals surface area contributed by atoms with Crippen LogP contribution in [0.15, 0.2) is 6.20 Å². The molecule has 0 bridgehead atoms. The van der Waals surface area contributed by atoms with E-state index >= 15 is 0 Å². The second-order valence-electron chi connectivity index (χ2n) is 4.20. The normalized spacial score (nSPS) is 16.6. The third-order valence-corrected chi connectivity index (χ3v) is 2.94. The smallest absolute Gasteiger partial charge is 0.360 e. The summed E-state index contributed by atoms with van der Waals surface area (Å²) in [6.45, 7) is 3.02. The van der Waals surface area contributed by atoms with Crippen molar-refractivity contribution in [2.24, 2.45) is 5.92 Å². The monoisotopic (exact) mass is 223 g/mol. The highest BCUT2D eigenvalue weighted by molar-refractivity contribution is 5.86. The van der Waals surface area contributed by atoms with Crippen molar-refractivity contribution in [2.45, 2.75) is 39.2 Å². The van der Waals surface area contributed by atoms with Crippen molar-refractivity contribution in [3.63, 3.8) is 0 Å². The molecule has 16 heavy (non-hydrogen) atoms. The largest absolute Gasteiger partial charge is 0.461 e. The Balaban J connectivity index is 1.93. The Labute approximate surface area is 94.8 Å². The van der Waals surface area contributed by atoms with Gasteiger partial charge >= 0.3 is 5.97 Å². The number of nitrogens with zero attached hydrogens (tertiary/aromatic N) is 3. The second-order valence-corrected chi connectivity index (χ2v) is 4.20. The fourth-order valence-electron chi connectivity index (χ4n) is 2.14. The average molecular weight is 223 g/mol. The van der Waals surface area contributed by atoms with Gasteiger partial charge in [0.25, 0.3) is 0 Å². The third kappa shape index (κ3) is 2.59. The van der Waals surface area contributed by atoms with Crippen LogP contribution in [-0.4, -0.2) is 27.6 Å². The van der Waals surface area contributed by atoms with Crippen molar-refractivity contribution in [1.29, 1.82) is 0 Å². The van der Waals surface area contributed by atoms with E-state index in [1.54, 1.807) is 17.8 Å². The zero-order valence-electron chi connectivity index (χ0n) is 9.56. The van der Waals surface area contributed by atoms with Crippen LogP contribution in [0.4, 0.5) is 0 Å². The summed E-state index contributed by atoms with van der Waals surface area (Å²) >= 11 is 0. The Bertz CT molecular complexity index is 356. The molecule has 0 unspecified atom stereocenters. The highest BCUT2D eigenvalue weighted by Gasteiger charge is 2.17. The summed E-state index contributed by atoms with van der Waals surface area (Å²) < 4.78 is 6.61. The van der Waals surface area contributed by atoms with E-state index in [0.717, 1.165) is 6.54 Å². The van der Waals surface area contributed by atoms with Gasteiger partial charge in [0, 0.05) is 6.54 Å². The summed E-state index contributed by atoms with van der Waals surface area (Å²) in [6.07, 6.45) is 6.81. The molecule has 5 nitrogen and oxygen atoms in total. The van der Waals surface area contributed by atoms with Crippen molar-refractivity contribution >= 4 is 5.97 Å². The van der Waals surface area contributed by atoms with E-state index in [4.69, 9.17) is 4.74 Å². The van der Waals surface area contributed by atoms with E-state index in [2.05, 4.69) is 10.3 Å². The third-order valence-electron chi connectivity index (χ3n) is 2.94. The standard InChI is InChI=1S/C11H17N3O2/c1-2-16-11(15)10-8-14(13-12-10)7-9-5-3-4-6-9/h8-9H,2-7H2,1H3. The van der Waals surface area contributed by atoms with Gasteiger partial charge in [0.1, 0.15) is 0 Å². The van der Waals surface area contributed by atoms with E-state index in [1.165, 1.54) is 25.7 Å². The van der Waals surface area contributed by atoms with E-state index < -0.39 is 0 Å². The van der Waals surface area contributed by atoms with Crippen LogP contribution in [0.3, 0.4) is 0 Å². The Hall–Kier alpha value is -1.39. The Kier molecular flexibility index (Phi) is 3.54. The molecular formula is C11H17N3O2. The minimum Gasteiger partial charge on any atom is -0.461 e. The average Bonchev–Trinajstić information content (AvgIpc) is 2.90. The van der Waals surface area contributed by atoms with Crippen LogP contribution in [0, 0.1) is 5.92 Å². The van der Waals surface area contributed by atoms with Crippen LogP contribution >= 0.6 is 0 Å². The maximum atomic E-state index is 11.4. The van der Waals surface area contributed by atoms with Gasteiger partial charge in [-0.05, 0) is 25.7 Å². The zero-order chi connectivity index (χ0) is 11.4. The van der Waals surface area contributed by atoms with Crippen LogP contribution in [0.5, 0.6) is 0 Å². The first-order valence-corrected chi connectivity index (χ1v) is 5.87. The van der Waals surface area contributed by atoms with Gasteiger partial charge < -0.3 is 4.74 Å². The van der Waals surface area contributed by atoms with Crippen molar-refractivity contribution in [1.82, 2.24) is 15.0 Å². The lowest BCUT2D eigenvalue weighted by atomic mass is 10.1. The van der Waals surface area contributed by atoms with E-state index in [1.807, 2.05) is 0 Å². The van der Waals surface area contributed by atoms with Gasteiger partial charge in [0.2, 0.25) is 0 Å². The zero-order valence-corrected chi connectivity index (χ0v) is 9.56. The van der Waals surface area contributed by atoms with Crippen molar-refractivity contribution in [3.05, 3.63) is 11.9 Å². The lowest BCUT2D eigenvalue weighted by Crippen LogP contribution is -2.08. The molecule has 1 aromatic rings. The molecule has 1 aliphatic rings. The highest BCUT2D eigenvalue weighted by Crippen LogP contribution is 2.25. The predicted molar refractivity (Wildman–Crippen MR) is 57.9 cm³/mol. The summed E-state index contributed by atoms with van der Waals surface area (Å²) in [5.74, 6) is 0.303. The first-order valence-electron chi connectivity index (χ1n) is 5.87. The summed E-state index contributed by atoms with van der Waals surface area (Å²) in [7, 11) is 0. The van der Waals surface area contributed by atoms with Crippen LogP contribution in [-0.2, 0) is 11.3 Å². The molecule has 0 atom stereocenters. The molecule has 0 aromatic carbocycles. The quantitative estimate of drug-likeness (QED) is 0.728. The minimum absolute atomic E-state index is 0.305. The van der Waals surface area contributed by atoms with E-state index in [0.29, 0.717) is 18.2 Å². The summed E-state index contributed by atoms with van der Waals surface area (Å²) in [4.78, 5) is 11.4. The molecule has 1 aliphatic carbocycles. The lowest BCUT2D eigenvalue weighted by molar-refractivity contribution is 0.0519. The molecule has 1 saturated carbocycles. The lowest BCUT2D eigenvalue weighted by Gasteiger charge is -2.06. The van der Waals surface area contributed by atoms with Crippen LogP contribution in [0.25, 0.3) is 0 Å². The van der Waals surface area contributed by atoms with Gasteiger partial charge in [-0.1, -0.05) is 18.1 Å². The van der Waals surface area contributed by atoms with Gasteiger partial charge in [-0.25, -0.2) is 4.79 Å². The molecule has 88 valence electrons. The minimum atomic E-state index is -0.389. The molecule has 0 aliphatic heterocycles. The van der Waals surface area contributed by atoms with Crippen molar-refractivity contribution in [3.8, 4) is 0 Å². The second kappa shape index (κ2) is 5.09. The number of rotatable bonds is 4. The number of hydrogen-bond acceptors (Lipinski definition) is 4. The van der Waals surface area contributed by atoms with Gasteiger partial charge in [-0.3, -0.25) is 4.68 Å². The number of carbonyl (C=O) groups is 1. The summed E-state index contributed by atoms with van der Waals surface area (Å²) in [5, 5.41) is 7.76. The van der Waals surface area contributed by atoms with Gasteiger partial charge in [0.15, 0.2) is 5.69 Å². The molecule has 0 N–H and O–H groups in total.